The van der Waals surface area contributed by atoms with E-state index >= 15 is 0 Å². The van der Waals surface area contributed by atoms with Crippen LogP contribution >= 0.6 is 0 Å². The van der Waals surface area contributed by atoms with Crippen molar-refractivity contribution in [1.29, 1.82) is 0 Å². The molecule has 0 saturated carbocycles. The summed E-state index contributed by atoms with van der Waals surface area (Å²) in [6.45, 7) is 0.595. The monoisotopic (exact) mass is 336 g/mol. The van der Waals surface area contributed by atoms with E-state index in [1.807, 2.05) is 0 Å². The highest BCUT2D eigenvalue weighted by molar-refractivity contribution is 7.88. The predicted octanol–water partition coefficient (Wildman–Crippen LogP) is 1.42. The van der Waals surface area contributed by atoms with Crippen LogP contribution in [0.3, 0.4) is 0 Å². The van der Waals surface area contributed by atoms with Crippen LogP contribution in [-0.4, -0.2) is 56.0 Å². The zero-order valence-electron chi connectivity index (χ0n) is 11.8. The molecule has 0 aliphatic carbocycles. The van der Waals surface area contributed by atoms with Crippen LogP contribution in [0.15, 0.2) is 24.3 Å². The number of piperazine rings is 1. The smallest absolute Gasteiger partial charge is 0.336 e. The minimum Gasteiger partial charge on any atom is -0.336 e. The minimum atomic E-state index is -4.51. The molecule has 122 valence electrons. The summed E-state index contributed by atoms with van der Waals surface area (Å²) in [4.78, 5) is 13.6. The largest absolute Gasteiger partial charge is 0.416 e. The molecule has 1 fully saturated rings. The molecule has 1 heterocycles. The number of rotatable bonds is 2. The second-order valence-electron chi connectivity index (χ2n) is 5.03. The van der Waals surface area contributed by atoms with Crippen LogP contribution in [0.1, 0.15) is 15.9 Å². The Labute approximate surface area is 126 Å². The third-order valence-corrected chi connectivity index (χ3v) is 4.73. The number of carbonyl (C=O) groups is 1. The van der Waals surface area contributed by atoms with Crippen molar-refractivity contribution in [2.45, 2.75) is 6.18 Å². The second kappa shape index (κ2) is 5.88. The van der Waals surface area contributed by atoms with Gasteiger partial charge in [0.15, 0.2) is 0 Å². The second-order valence-corrected chi connectivity index (χ2v) is 7.02. The Morgan fingerprint density at radius 1 is 1.14 bits per heavy atom. The third-order valence-electron chi connectivity index (χ3n) is 3.43. The van der Waals surface area contributed by atoms with Gasteiger partial charge in [0, 0.05) is 31.7 Å². The van der Waals surface area contributed by atoms with E-state index in [2.05, 4.69) is 0 Å². The lowest BCUT2D eigenvalue weighted by molar-refractivity contribution is -0.137. The first kappa shape index (κ1) is 16.8. The van der Waals surface area contributed by atoms with E-state index in [4.69, 9.17) is 0 Å². The fourth-order valence-corrected chi connectivity index (χ4v) is 3.06. The SMILES string of the molecule is CS(=O)(=O)N1CCN(C(=O)c2cccc(C(F)(F)F)c2)CC1. The number of amides is 1. The molecule has 0 unspecified atom stereocenters. The first-order valence-corrected chi connectivity index (χ1v) is 8.35. The van der Waals surface area contributed by atoms with Gasteiger partial charge in [-0.15, -0.1) is 0 Å². The van der Waals surface area contributed by atoms with Crippen LogP contribution in [0, 0.1) is 0 Å². The van der Waals surface area contributed by atoms with E-state index in [0.717, 1.165) is 18.4 Å². The predicted molar refractivity (Wildman–Crippen MR) is 73.8 cm³/mol. The van der Waals surface area contributed by atoms with Gasteiger partial charge in [0.25, 0.3) is 5.91 Å². The topological polar surface area (TPSA) is 57.7 Å². The number of hydrogen-bond donors (Lipinski definition) is 0. The van der Waals surface area contributed by atoms with Crippen molar-refractivity contribution in [2.75, 3.05) is 32.4 Å². The van der Waals surface area contributed by atoms with Gasteiger partial charge in [0.05, 0.1) is 11.8 Å². The fourth-order valence-electron chi connectivity index (χ4n) is 2.23. The van der Waals surface area contributed by atoms with Crippen molar-refractivity contribution in [1.82, 2.24) is 9.21 Å². The van der Waals surface area contributed by atoms with Gasteiger partial charge in [0.2, 0.25) is 10.0 Å². The summed E-state index contributed by atoms with van der Waals surface area (Å²) in [5, 5.41) is 0. The molecule has 0 bridgehead atoms. The summed E-state index contributed by atoms with van der Waals surface area (Å²) in [5.41, 5.74) is -0.934. The van der Waals surface area contributed by atoms with Crippen molar-refractivity contribution in [3.05, 3.63) is 35.4 Å². The fraction of sp³-hybridized carbons (Fsp3) is 0.462. The summed E-state index contributed by atoms with van der Waals surface area (Å²) in [7, 11) is -3.32. The molecule has 0 N–H and O–H groups in total. The highest BCUT2D eigenvalue weighted by Crippen LogP contribution is 2.29. The molecule has 1 amide bonds. The normalized spacial score (nSPS) is 17.5. The van der Waals surface area contributed by atoms with Crippen LogP contribution in [0.2, 0.25) is 0 Å². The van der Waals surface area contributed by atoms with E-state index in [9.17, 15) is 26.4 Å². The Bertz CT molecular complexity index is 665. The van der Waals surface area contributed by atoms with Gasteiger partial charge in [-0.3, -0.25) is 4.79 Å². The number of benzene rings is 1. The first-order chi connectivity index (χ1) is 10.1. The maximum atomic E-state index is 12.7. The lowest BCUT2D eigenvalue weighted by Gasteiger charge is -2.33. The van der Waals surface area contributed by atoms with Crippen LogP contribution in [-0.2, 0) is 16.2 Å². The van der Waals surface area contributed by atoms with E-state index in [-0.39, 0.29) is 31.7 Å². The average Bonchev–Trinajstić information content (AvgIpc) is 2.45. The maximum absolute atomic E-state index is 12.7. The third kappa shape index (κ3) is 3.77. The maximum Gasteiger partial charge on any atom is 0.416 e. The standard InChI is InChI=1S/C13H15F3N2O3S/c1-22(20,21)18-7-5-17(6-8-18)12(19)10-3-2-4-11(9-10)13(14,15)16/h2-4,9H,5-8H2,1H3. The molecule has 9 heteroatoms. The van der Waals surface area contributed by atoms with E-state index in [0.29, 0.717) is 0 Å². The van der Waals surface area contributed by atoms with E-state index in [1.54, 1.807) is 0 Å². The van der Waals surface area contributed by atoms with Gasteiger partial charge in [-0.05, 0) is 18.2 Å². The molecule has 0 spiro atoms. The van der Waals surface area contributed by atoms with Gasteiger partial charge < -0.3 is 4.90 Å². The molecule has 1 saturated heterocycles. The average molecular weight is 336 g/mol. The molecule has 22 heavy (non-hydrogen) atoms. The van der Waals surface area contributed by atoms with Crippen LogP contribution in [0.4, 0.5) is 13.2 Å². The van der Waals surface area contributed by atoms with Crippen LogP contribution < -0.4 is 0 Å². The zero-order chi connectivity index (χ0) is 16.5. The molecule has 0 aromatic heterocycles. The molecular formula is C13H15F3N2O3S. The number of hydrogen-bond acceptors (Lipinski definition) is 3. The van der Waals surface area contributed by atoms with Gasteiger partial charge >= 0.3 is 6.18 Å². The zero-order valence-corrected chi connectivity index (χ0v) is 12.6. The van der Waals surface area contributed by atoms with Crippen molar-refractivity contribution >= 4 is 15.9 Å². The Morgan fingerprint density at radius 3 is 2.23 bits per heavy atom. The van der Waals surface area contributed by atoms with Crippen molar-refractivity contribution < 1.29 is 26.4 Å². The Kier molecular flexibility index (Phi) is 4.48. The highest BCUT2D eigenvalue weighted by atomic mass is 32.2. The Balaban J connectivity index is 2.11. The lowest BCUT2D eigenvalue weighted by Crippen LogP contribution is -2.50. The number of sulfonamides is 1. The van der Waals surface area contributed by atoms with Crippen molar-refractivity contribution in [3.63, 3.8) is 0 Å². The van der Waals surface area contributed by atoms with E-state index in [1.165, 1.54) is 21.3 Å². The number of nitrogens with zero attached hydrogens (tertiary/aromatic N) is 2. The van der Waals surface area contributed by atoms with Crippen molar-refractivity contribution in [3.8, 4) is 0 Å². The Morgan fingerprint density at radius 2 is 1.73 bits per heavy atom. The van der Waals surface area contributed by atoms with Gasteiger partial charge in [0.1, 0.15) is 0 Å². The Hall–Kier alpha value is -1.61. The minimum absolute atomic E-state index is 0.0531. The molecule has 1 aromatic rings. The molecule has 0 atom stereocenters. The number of alkyl halides is 3. The molecule has 2 rings (SSSR count). The number of carbonyl (C=O) groups excluding carboxylic acids is 1. The summed E-state index contributed by atoms with van der Waals surface area (Å²) in [6.07, 6.45) is -3.43. The molecular weight excluding hydrogens is 321 g/mol. The number of halogens is 3. The quantitative estimate of drug-likeness (QED) is 0.821. The first-order valence-electron chi connectivity index (χ1n) is 6.51. The summed E-state index contributed by atoms with van der Waals surface area (Å²) in [6, 6.07) is 4.22. The summed E-state index contributed by atoms with van der Waals surface area (Å²) < 4.78 is 62.0. The van der Waals surface area contributed by atoms with Crippen molar-refractivity contribution in [2.24, 2.45) is 0 Å². The summed E-state index contributed by atoms with van der Waals surface area (Å²) in [5.74, 6) is -0.528. The molecule has 0 radical (unpaired) electrons. The lowest BCUT2D eigenvalue weighted by atomic mass is 10.1. The highest BCUT2D eigenvalue weighted by Gasteiger charge is 2.32. The van der Waals surface area contributed by atoms with Crippen LogP contribution in [0.25, 0.3) is 0 Å². The summed E-state index contributed by atoms with van der Waals surface area (Å²) >= 11 is 0. The van der Waals surface area contributed by atoms with Gasteiger partial charge in [-0.2, -0.15) is 17.5 Å². The van der Waals surface area contributed by atoms with Gasteiger partial charge in [-0.25, -0.2) is 8.42 Å². The van der Waals surface area contributed by atoms with Crippen LogP contribution in [0.5, 0.6) is 0 Å². The van der Waals surface area contributed by atoms with Gasteiger partial charge in [-0.1, -0.05) is 6.07 Å². The molecule has 5 nitrogen and oxygen atoms in total. The molecule has 1 aromatic carbocycles. The van der Waals surface area contributed by atoms with E-state index < -0.39 is 27.7 Å². The molecule has 1 aliphatic rings. The molecule has 1 aliphatic heterocycles.